The number of β-lactam (4-membered cyclic amide) rings is 1. The maximum Gasteiger partial charge on any atom is 0.352 e. The summed E-state index contributed by atoms with van der Waals surface area (Å²) < 4.78 is 5.18. The van der Waals surface area contributed by atoms with Gasteiger partial charge in [0.25, 0.3) is 5.91 Å². The van der Waals surface area contributed by atoms with Gasteiger partial charge in [-0.05, 0) is 17.0 Å². The molecule has 0 aromatic carbocycles. The normalized spacial score (nSPS) is 20.2. The first-order valence-corrected chi connectivity index (χ1v) is 12.1. The molecule has 12 heteroatoms. The molecule has 2 atom stereocenters. The molecule has 162 valence electrons. The molecule has 2 aliphatic heterocycles. The summed E-state index contributed by atoms with van der Waals surface area (Å²) in [4.78, 5) is 47.5. The second kappa shape index (κ2) is 9.28. The molecule has 0 spiro atoms. The summed E-state index contributed by atoms with van der Waals surface area (Å²) in [6, 6.07) is 3.00. The van der Waals surface area contributed by atoms with Crippen molar-refractivity contribution in [1.82, 2.24) is 20.2 Å². The van der Waals surface area contributed by atoms with Crippen molar-refractivity contribution in [3.05, 3.63) is 46.1 Å². The number of thiophene rings is 1. The summed E-state index contributed by atoms with van der Waals surface area (Å²) in [5.74, 6) is -0.700. The van der Waals surface area contributed by atoms with Crippen molar-refractivity contribution in [1.29, 1.82) is 0 Å². The summed E-state index contributed by atoms with van der Waals surface area (Å²) in [5, 5.41) is 14.5. The topological polar surface area (TPSA) is 122 Å². The van der Waals surface area contributed by atoms with Crippen LogP contribution in [0.2, 0.25) is 0 Å². The van der Waals surface area contributed by atoms with Gasteiger partial charge < -0.3 is 15.2 Å². The van der Waals surface area contributed by atoms with E-state index in [-0.39, 0.29) is 18.0 Å². The van der Waals surface area contributed by atoms with Crippen LogP contribution in [0.3, 0.4) is 0 Å². The Morgan fingerprint density at radius 2 is 2.19 bits per heavy atom. The van der Waals surface area contributed by atoms with E-state index in [1.807, 2.05) is 17.5 Å². The highest BCUT2D eigenvalue weighted by Crippen LogP contribution is 2.42. The van der Waals surface area contributed by atoms with E-state index in [1.54, 1.807) is 0 Å². The van der Waals surface area contributed by atoms with Crippen LogP contribution in [0, 0.1) is 0 Å². The molecule has 1 unspecified atom stereocenters. The Labute approximate surface area is 190 Å². The molecule has 31 heavy (non-hydrogen) atoms. The van der Waals surface area contributed by atoms with Crippen molar-refractivity contribution < 1.29 is 24.2 Å². The largest absolute Gasteiger partial charge is 0.479 e. The number of carboxylic acid groups (broad SMARTS) is 1. The van der Waals surface area contributed by atoms with Crippen LogP contribution in [0.15, 0.2) is 46.2 Å². The molecule has 2 amide bonds. The molecular formula is C19H18N4O5S3. The van der Waals surface area contributed by atoms with Gasteiger partial charge in [0.15, 0.2) is 5.03 Å². The molecular weight excluding hydrogens is 460 g/mol. The number of aromatic nitrogens is 2. The second-order valence-corrected chi connectivity index (χ2v) is 9.73. The Morgan fingerprint density at radius 1 is 1.39 bits per heavy atom. The maximum atomic E-state index is 12.7. The summed E-state index contributed by atoms with van der Waals surface area (Å²) >= 11 is 4.21. The molecule has 2 N–H and O–H groups in total. The van der Waals surface area contributed by atoms with E-state index in [0.717, 1.165) is 4.88 Å². The van der Waals surface area contributed by atoms with E-state index < -0.39 is 23.3 Å². The molecule has 1 fully saturated rings. The maximum absolute atomic E-state index is 12.7. The van der Waals surface area contributed by atoms with Crippen LogP contribution in [-0.4, -0.2) is 67.8 Å². The van der Waals surface area contributed by atoms with Crippen LogP contribution in [0.5, 0.6) is 5.88 Å². The minimum absolute atomic E-state index is 0.0205. The first-order chi connectivity index (χ1) is 15.0. The molecule has 0 saturated carbocycles. The number of rotatable bonds is 8. The number of hydrogen-bond acceptors (Lipinski definition) is 9. The molecule has 0 aliphatic carbocycles. The Bertz CT molecular complexity index is 1040. The first-order valence-electron chi connectivity index (χ1n) is 9.19. The van der Waals surface area contributed by atoms with Gasteiger partial charge in [-0.1, -0.05) is 17.8 Å². The van der Waals surface area contributed by atoms with Crippen LogP contribution in [0.25, 0.3) is 0 Å². The number of aliphatic carboxylic acids is 1. The number of methoxy groups -OCH3 is 1. The smallest absolute Gasteiger partial charge is 0.352 e. The van der Waals surface area contributed by atoms with Gasteiger partial charge in [-0.3, -0.25) is 14.5 Å². The lowest BCUT2D eigenvalue weighted by Gasteiger charge is -2.49. The zero-order valence-electron chi connectivity index (χ0n) is 16.3. The van der Waals surface area contributed by atoms with Crippen LogP contribution < -0.4 is 10.1 Å². The molecule has 0 radical (unpaired) electrons. The fourth-order valence-corrected chi connectivity index (χ4v) is 6.42. The fraction of sp³-hybridized carbons (Fsp3) is 0.316. The SMILES string of the molecule is COc1nccnc1SCC1=C(C(=O)O)N2C(=O)C(NC(=O)Cc3cccs3)[C@H]2SC1. The van der Waals surface area contributed by atoms with Gasteiger partial charge in [0.05, 0.1) is 13.5 Å². The zero-order chi connectivity index (χ0) is 22.0. The van der Waals surface area contributed by atoms with Crippen molar-refractivity contribution in [2.75, 3.05) is 18.6 Å². The van der Waals surface area contributed by atoms with E-state index >= 15 is 0 Å². The lowest BCUT2D eigenvalue weighted by molar-refractivity contribution is -0.150. The monoisotopic (exact) mass is 478 g/mol. The number of nitrogens with zero attached hydrogens (tertiary/aromatic N) is 3. The summed E-state index contributed by atoms with van der Waals surface area (Å²) in [6.45, 7) is 0. The van der Waals surface area contributed by atoms with Gasteiger partial charge in [0.1, 0.15) is 17.1 Å². The minimum atomic E-state index is -1.16. The molecule has 2 aromatic rings. The number of carboxylic acids is 1. The van der Waals surface area contributed by atoms with Crippen molar-refractivity contribution in [2.45, 2.75) is 22.9 Å². The molecule has 0 bridgehead atoms. The molecule has 4 heterocycles. The third-order valence-corrected chi connectivity index (χ3v) is 7.95. The second-order valence-electron chi connectivity index (χ2n) is 6.63. The van der Waals surface area contributed by atoms with Crippen LogP contribution >= 0.6 is 34.9 Å². The average molecular weight is 479 g/mol. The molecule has 1 saturated heterocycles. The predicted molar refractivity (Wildman–Crippen MR) is 117 cm³/mol. The third kappa shape index (κ3) is 4.41. The predicted octanol–water partition coefficient (Wildman–Crippen LogP) is 1.62. The number of hydrogen-bond donors (Lipinski definition) is 2. The highest BCUT2D eigenvalue weighted by molar-refractivity contribution is 8.01. The van der Waals surface area contributed by atoms with Crippen molar-refractivity contribution >= 4 is 52.6 Å². The van der Waals surface area contributed by atoms with Gasteiger partial charge in [-0.15, -0.1) is 23.1 Å². The number of amides is 2. The first kappa shape index (κ1) is 21.7. The summed E-state index contributed by atoms with van der Waals surface area (Å²) in [7, 11) is 1.49. The number of carbonyl (C=O) groups is 3. The average Bonchev–Trinajstić information content (AvgIpc) is 3.28. The lowest BCUT2D eigenvalue weighted by atomic mass is 10.0. The molecule has 9 nitrogen and oxygen atoms in total. The fourth-order valence-electron chi connectivity index (χ4n) is 3.30. The quantitative estimate of drug-likeness (QED) is 0.430. The van der Waals surface area contributed by atoms with Crippen molar-refractivity contribution in [2.24, 2.45) is 0 Å². The summed E-state index contributed by atoms with van der Waals surface area (Å²) in [6.07, 6.45) is 3.24. The number of carbonyl (C=O) groups excluding carboxylic acids is 2. The Hall–Kier alpha value is -2.57. The van der Waals surface area contributed by atoms with Gasteiger partial charge in [-0.25, -0.2) is 14.8 Å². The Morgan fingerprint density at radius 3 is 2.90 bits per heavy atom. The Kier molecular flexibility index (Phi) is 6.49. The van der Waals surface area contributed by atoms with E-state index in [1.165, 1.54) is 59.3 Å². The highest BCUT2D eigenvalue weighted by Gasteiger charge is 2.54. The number of fused-ring (bicyclic) bond motifs is 1. The molecule has 2 aromatic heterocycles. The lowest BCUT2D eigenvalue weighted by Crippen LogP contribution is -2.70. The van der Waals surface area contributed by atoms with E-state index in [0.29, 0.717) is 28.0 Å². The Balaban J connectivity index is 1.45. The van der Waals surface area contributed by atoms with Gasteiger partial charge in [0, 0.05) is 28.8 Å². The molecule has 4 rings (SSSR count). The zero-order valence-corrected chi connectivity index (χ0v) is 18.8. The van der Waals surface area contributed by atoms with E-state index in [9.17, 15) is 19.5 Å². The van der Waals surface area contributed by atoms with Crippen molar-refractivity contribution in [3.8, 4) is 5.88 Å². The number of nitrogens with one attached hydrogen (secondary N) is 1. The van der Waals surface area contributed by atoms with Gasteiger partial charge >= 0.3 is 5.97 Å². The van der Waals surface area contributed by atoms with Gasteiger partial charge in [0.2, 0.25) is 11.8 Å². The molecule has 2 aliphatic rings. The number of thioether (sulfide) groups is 2. The highest BCUT2D eigenvalue weighted by atomic mass is 32.2. The minimum Gasteiger partial charge on any atom is -0.479 e. The summed E-state index contributed by atoms with van der Waals surface area (Å²) in [5.41, 5.74) is 0.594. The van der Waals surface area contributed by atoms with Gasteiger partial charge in [-0.2, -0.15) is 0 Å². The van der Waals surface area contributed by atoms with Crippen LogP contribution in [-0.2, 0) is 20.8 Å². The number of ether oxygens (including phenoxy) is 1. The standard InChI is InChI=1S/C19H18N4O5S3/c1-28-15-16(21-5-4-20-15)30-8-10-9-31-18-13(17(25)23(18)14(10)19(26)27)22-12(24)7-11-3-2-6-29-11/h2-6,13,18H,7-9H2,1H3,(H,22,24)(H,26,27)/t13?,18-/m1/s1. The van der Waals surface area contributed by atoms with Crippen LogP contribution in [0.4, 0.5) is 0 Å². The van der Waals surface area contributed by atoms with Crippen molar-refractivity contribution in [3.63, 3.8) is 0 Å². The van der Waals surface area contributed by atoms with E-state index in [4.69, 9.17) is 4.74 Å². The van der Waals surface area contributed by atoms with Crippen LogP contribution in [0.1, 0.15) is 4.88 Å². The van der Waals surface area contributed by atoms with E-state index in [2.05, 4.69) is 15.3 Å². The third-order valence-electron chi connectivity index (χ3n) is 4.69.